The maximum atomic E-state index is 14.3. The van der Waals surface area contributed by atoms with E-state index in [-0.39, 0.29) is 75.0 Å². The number of benzene rings is 1. The molecule has 234 valence electrons. The van der Waals surface area contributed by atoms with Gasteiger partial charge in [-0.25, -0.2) is 14.6 Å². The van der Waals surface area contributed by atoms with Gasteiger partial charge in [0.2, 0.25) is 22.9 Å². The topological polar surface area (TPSA) is 158 Å². The second kappa shape index (κ2) is 10.6. The lowest BCUT2D eigenvalue weighted by Gasteiger charge is -2.36. The number of aromatic nitrogens is 3. The van der Waals surface area contributed by atoms with E-state index in [1.165, 1.54) is 50.1 Å². The predicted molar refractivity (Wildman–Crippen MR) is 159 cm³/mol. The molecule has 0 amide bonds. The highest BCUT2D eigenvalue weighted by molar-refractivity contribution is 6.36. The molecule has 0 radical (unpaired) electrons. The van der Waals surface area contributed by atoms with Gasteiger partial charge in [0.1, 0.15) is 33.5 Å². The lowest BCUT2D eigenvalue weighted by molar-refractivity contribution is 0.0256. The van der Waals surface area contributed by atoms with E-state index in [9.17, 15) is 24.0 Å². The summed E-state index contributed by atoms with van der Waals surface area (Å²) in [6, 6.07) is 5.63. The number of ether oxygens (including phenoxy) is 4. The Balaban J connectivity index is 1.45. The molecule has 6 rings (SSSR count). The summed E-state index contributed by atoms with van der Waals surface area (Å²) in [5.41, 5.74) is -3.04. The number of hydrogen-bond donors (Lipinski definition) is 0. The van der Waals surface area contributed by atoms with Crippen LogP contribution in [0.4, 0.5) is 0 Å². The number of hydrogen-bond acceptors (Lipinski definition) is 11. The average molecular weight is 638 g/mol. The first-order valence-electron chi connectivity index (χ1n) is 14.0. The first-order chi connectivity index (χ1) is 21.3. The fourth-order valence-corrected chi connectivity index (χ4v) is 6.15. The van der Waals surface area contributed by atoms with E-state index in [1.54, 1.807) is 20.8 Å². The van der Waals surface area contributed by atoms with Crippen LogP contribution in [0.1, 0.15) is 63.5 Å². The first kappa shape index (κ1) is 30.1. The van der Waals surface area contributed by atoms with Crippen LogP contribution in [0, 0.1) is 5.92 Å². The van der Waals surface area contributed by atoms with Crippen molar-refractivity contribution in [3.05, 3.63) is 78.5 Å². The third-order valence-electron chi connectivity index (χ3n) is 8.11. The molecule has 0 fully saturated rings. The van der Waals surface area contributed by atoms with Gasteiger partial charge in [0, 0.05) is 24.6 Å². The Morgan fingerprint density at radius 3 is 2.49 bits per heavy atom. The predicted octanol–water partition coefficient (Wildman–Crippen LogP) is 3.36. The van der Waals surface area contributed by atoms with Gasteiger partial charge in [0.25, 0.3) is 5.56 Å². The first-order valence-corrected chi connectivity index (χ1v) is 14.4. The number of fused-ring (bicyclic) bond motifs is 3. The van der Waals surface area contributed by atoms with Crippen LogP contribution in [0.5, 0.6) is 17.2 Å². The minimum Gasteiger partial charge on any atom is -0.496 e. The van der Waals surface area contributed by atoms with Gasteiger partial charge < -0.3 is 23.4 Å². The Bertz CT molecular complexity index is 2070. The van der Waals surface area contributed by atoms with Crippen molar-refractivity contribution >= 4 is 40.2 Å². The number of furan rings is 1. The summed E-state index contributed by atoms with van der Waals surface area (Å²) in [4.78, 5) is 72.1. The number of carbonyl (C=O) groups excluding carboxylic acids is 3. The minimum absolute atomic E-state index is 0.00262. The lowest BCUT2D eigenvalue weighted by Crippen LogP contribution is -2.57. The molecule has 1 spiro atoms. The quantitative estimate of drug-likeness (QED) is 0.225. The van der Waals surface area contributed by atoms with Crippen LogP contribution in [-0.2, 0) is 24.8 Å². The number of carbonyl (C=O) groups is 3. The van der Waals surface area contributed by atoms with Crippen molar-refractivity contribution in [1.82, 2.24) is 14.1 Å². The molecular weight excluding hydrogens is 610 g/mol. The number of nitrogens with zero attached hydrogens (tertiary/aromatic N) is 3. The molecule has 14 heteroatoms. The summed E-state index contributed by atoms with van der Waals surface area (Å²) in [5, 5.41) is -0.0301. The lowest BCUT2D eigenvalue weighted by atomic mass is 9.71. The van der Waals surface area contributed by atoms with Gasteiger partial charge >= 0.3 is 11.7 Å². The van der Waals surface area contributed by atoms with Gasteiger partial charge in [-0.2, -0.15) is 0 Å². The van der Waals surface area contributed by atoms with Crippen molar-refractivity contribution in [1.29, 1.82) is 0 Å². The van der Waals surface area contributed by atoms with Crippen molar-refractivity contribution in [3.63, 3.8) is 0 Å². The van der Waals surface area contributed by atoms with E-state index in [0.29, 0.717) is 5.69 Å². The number of pyridine rings is 1. The summed E-state index contributed by atoms with van der Waals surface area (Å²) in [6.07, 6.45) is -0.252. The van der Waals surface area contributed by atoms with Crippen LogP contribution in [0.3, 0.4) is 0 Å². The van der Waals surface area contributed by atoms with Crippen molar-refractivity contribution in [2.75, 3.05) is 14.2 Å². The number of rotatable bonds is 6. The fourth-order valence-electron chi connectivity index (χ4n) is 5.88. The second-order valence-corrected chi connectivity index (χ2v) is 11.6. The molecule has 0 saturated heterocycles. The molecule has 1 aromatic carbocycles. The zero-order valence-corrected chi connectivity index (χ0v) is 25.9. The number of Topliss-reactive ketones (excluding diaryl/α,β-unsaturated/α-hetero) is 2. The molecule has 0 bridgehead atoms. The molecule has 2 aliphatic rings. The molecular formula is C31H28ClN3O10. The molecule has 1 aliphatic heterocycles. The molecule has 4 aromatic rings. The van der Waals surface area contributed by atoms with Gasteiger partial charge in [-0.3, -0.25) is 23.5 Å². The van der Waals surface area contributed by atoms with E-state index < -0.39 is 40.3 Å². The zero-order valence-electron chi connectivity index (χ0n) is 25.2. The maximum absolute atomic E-state index is 14.3. The molecule has 2 unspecified atom stereocenters. The number of ketones is 2. The summed E-state index contributed by atoms with van der Waals surface area (Å²) in [7, 11) is 4.21. The number of aryl methyl sites for hydroxylation is 1. The Morgan fingerprint density at radius 1 is 1.11 bits per heavy atom. The van der Waals surface area contributed by atoms with Gasteiger partial charge in [-0.1, -0.05) is 18.5 Å². The van der Waals surface area contributed by atoms with E-state index >= 15 is 0 Å². The summed E-state index contributed by atoms with van der Waals surface area (Å²) >= 11 is 6.51. The molecule has 45 heavy (non-hydrogen) atoms. The summed E-state index contributed by atoms with van der Waals surface area (Å²) in [5.74, 6) is -2.36. The second-order valence-electron chi connectivity index (χ2n) is 11.2. The van der Waals surface area contributed by atoms with Crippen LogP contribution in [0.2, 0.25) is 5.02 Å². The minimum atomic E-state index is -2.00. The molecule has 0 saturated carbocycles. The van der Waals surface area contributed by atoms with Crippen LogP contribution in [-0.4, -0.2) is 57.6 Å². The van der Waals surface area contributed by atoms with Crippen LogP contribution < -0.4 is 25.5 Å². The number of methoxy groups -OCH3 is 2. The summed E-state index contributed by atoms with van der Waals surface area (Å²) < 4.78 is 29.7. The smallest absolute Gasteiger partial charge is 0.374 e. The Morgan fingerprint density at radius 2 is 1.82 bits per heavy atom. The van der Waals surface area contributed by atoms with E-state index in [1.807, 2.05) is 0 Å². The van der Waals surface area contributed by atoms with Gasteiger partial charge in [-0.15, -0.1) is 0 Å². The highest BCUT2D eigenvalue weighted by Gasteiger charge is 2.62. The molecule has 1 aliphatic carbocycles. The maximum Gasteiger partial charge on any atom is 0.374 e. The average Bonchev–Trinajstić information content (AvgIpc) is 3.60. The molecule has 2 atom stereocenters. The Hall–Kier alpha value is -4.91. The van der Waals surface area contributed by atoms with Gasteiger partial charge in [0.15, 0.2) is 5.75 Å². The third kappa shape index (κ3) is 4.36. The largest absolute Gasteiger partial charge is 0.496 e. The van der Waals surface area contributed by atoms with Crippen molar-refractivity contribution < 1.29 is 37.7 Å². The Kier molecular flexibility index (Phi) is 7.11. The SMILES string of the molecule is COc1cc(OC)c2c(c1Cl)OC1(C(=O)c3cc4c(=O)n(Cc5ccc(C(=O)OC(C)C)o5)c(=O)n(C)c4nc3CC1C)C2=O. The number of esters is 1. The van der Waals surface area contributed by atoms with E-state index in [4.69, 9.17) is 35.0 Å². The monoisotopic (exact) mass is 637 g/mol. The normalized spacial score (nSPS) is 18.7. The molecule has 0 N–H and O–H groups in total. The summed E-state index contributed by atoms with van der Waals surface area (Å²) in [6.45, 7) is 4.76. The molecule has 4 heterocycles. The highest BCUT2D eigenvalue weighted by Crippen LogP contribution is 2.53. The standard InChI is InChI=1S/C31H28ClN3O10/c1-13(2)43-29(39)19-8-7-15(44-19)12-35-28(38)17-10-16-18(33-27(17)34(4)30(35)40)9-14(3)31(25(16)36)26(37)22-20(41-5)11-21(42-6)23(32)24(22)45-31/h7-8,10-11,13-14H,9,12H2,1-6H3. The van der Waals surface area contributed by atoms with Crippen molar-refractivity contribution in [2.24, 2.45) is 13.0 Å². The van der Waals surface area contributed by atoms with Crippen LogP contribution in [0.15, 0.2) is 38.3 Å². The zero-order chi connectivity index (χ0) is 32.5. The third-order valence-corrected chi connectivity index (χ3v) is 8.46. The van der Waals surface area contributed by atoms with Gasteiger partial charge in [-0.05, 0) is 38.5 Å². The van der Waals surface area contributed by atoms with E-state index in [0.717, 1.165) is 4.57 Å². The van der Waals surface area contributed by atoms with Crippen molar-refractivity contribution in [2.45, 2.75) is 45.4 Å². The molecule has 3 aromatic heterocycles. The number of halogens is 1. The highest BCUT2D eigenvalue weighted by atomic mass is 35.5. The van der Waals surface area contributed by atoms with Gasteiger partial charge in [0.05, 0.1) is 37.9 Å². The fraction of sp³-hybridized carbons (Fsp3) is 0.355. The molecule has 13 nitrogen and oxygen atoms in total. The van der Waals surface area contributed by atoms with E-state index in [2.05, 4.69) is 4.98 Å². The van der Waals surface area contributed by atoms with Crippen LogP contribution in [0.25, 0.3) is 11.0 Å². The Labute approximate surface area is 260 Å². The van der Waals surface area contributed by atoms with Crippen LogP contribution >= 0.6 is 11.6 Å². The van der Waals surface area contributed by atoms with Crippen molar-refractivity contribution in [3.8, 4) is 17.2 Å².